The van der Waals surface area contributed by atoms with Gasteiger partial charge in [-0.2, -0.15) is 0 Å². The Bertz CT molecular complexity index is 1100. The largest absolute Gasteiger partial charge is 0.497 e. The standard InChI is InChI=1S/C27H34N4O5/c1-27(2,3)36-26(34)29-16-14-28(15-17-29)21-6-5-7-22(18-21)30-13-12-24(32)31(25(30)33)19-20-8-10-23(35-4)11-9-20/h5-11,18H,12-17,19H2,1-4H3. The number of hydrogen-bond donors (Lipinski definition) is 0. The molecule has 4 rings (SSSR count). The van der Waals surface area contributed by atoms with Crippen LogP contribution in [0.25, 0.3) is 0 Å². The van der Waals surface area contributed by atoms with Crippen molar-refractivity contribution < 1.29 is 23.9 Å². The number of rotatable bonds is 5. The van der Waals surface area contributed by atoms with Gasteiger partial charge in [0.25, 0.3) is 0 Å². The van der Waals surface area contributed by atoms with E-state index in [1.54, 1.807) is 16.9 Å². The highest BCUT2D eigenvalue weighted by Crippen LogP contribution is 2.27. The van der Waals surface area contributed by atoms with Gasteiger partial charge >= 0.3 is 12.1 Å². The average molecular weight is 495 g/mol. The molecule has 0 atom stereocenters. The summed E-state index contributed by atoms with van der Waals surface area (Å²) in [7, 11) is 1.60. The van der Waals surface area contributed by atoms with Crippen LogP contribution in [0.15, 0.2) is 48.5 Å². The fourth-order valence-corrected chi connectivity index (χ4v) is 4.33. The van der Waals surface area contributed by atoms with E-state index in [4.69, 9.17) is 9.47 Å². The van der Waals surface area contributed by atoms with E-state index in [0.717, 1.165) is 22.7 Å². The number of anilines is 2. The third-order valence-corrected chi connectivity index (χ3v) is 6.25. The first-order valence-corrected chi connectivity index (χ1v) is 12.2. The van der Waals surface area contributed by atoms with Crippen molar-refractivity contribution in [2.24, 2.45) is 0 Å². The summed E-state index contributed by atoms with van der Waals surface area (Å²) in [6.07, 6.45) is -0.0304. The molecule has 2 aliphatic heterocycles. The van der Waals surface area contributed by atoms with E-state index in [1.165, 1.54) is 4.90 Å². The number of nitrogens with zero attached hydrogens (tertiary/aromatic N) is 4. The van der Waals surface area contributed by atoms with Crippen LogP contribution in [0.4, 0.5) is 21.0 Å². The van der Waals surface area contributed by atoms with E-state index in [0.29, 0.717) is 32.7 Å². The van der Waals surface area contributed by atoms with E-state index >= 15 is 0 Å². The Balaban J connectivity index is 1.42. The molecule has 9 heteroatoms. The zero-order chi connectivity index (χ0) is 25.9. The van der Waals surface area contributed by atoms with Crippen molar-refractivity contribution in [3.8, 4) is 5.75 Å². The molecule has 0 aliphatic carbocycles. The van der Waals surface area contributed by atoms with Crippen LogP contribution in [-0.2, 0) is 16.1 Å². The van der Waals surface area contributed by atoms with Gasteiger partial charge in [-0.15, -0.1) is 0 Å². The highest BCUT2D eigenvalue weighted by atomic mass is 16.6. The van der Waals surface area contributed by atoms with Crippen molar-refractivity contribution in [2.75, 3.05) is 49.6 Å². The van der Waals surface area contributed by atoms with E-state index in [2.05, 4.69) is 4.90 Å². The lowest BCUT2D eigenvalue weighted by atomic mass is 10.1. The van der Waals surface area contributed by atoms with Gasteiger partial charge < -0.3 is 19.3 Å². The normalized spacial score (nSPS) is 16.9. The Kier molecular flexibility index (Phi) is 7.37. The Morgan fingerprint density at radius 2 is 1.58 bits per heavy atom. The molecule has 2 aliphatic rings. The number of amides is 4. The third-order valence-electron chi connectivity index (χ3n) is 6.25. The van der Waals surface area contributed by atoms with Gasteiger partial charge in [-0.3, -0.25) is 14.6 Å². The second-order valence-corrected chi connectivity index (χ2v) is 9.99. The van der Waals surface area contributed by atoms with E-state index in [1.807, 2.05) is 69.3 Å². The molecule has 0 unspecified atom stereocenters. The van der Waals surface area contributed by atoms with Gasteiger partial charge in [0.1, 0.15) is 11.4 Å². The summed E-state index contributed by atoms with van der Waals surface area (Å²) in [5.74, 6) is 0.543. The number of imide groups is 1. The van der Waals surface area contributed by atoms with Gasteiger partial charge in [-0.05, 0) is 56.7 Å². The molecule has 0 radical (unpaired) electrons. The number of piperazine rings is 1. The van der Waals surface area contributed by atoms with Crippen molar-refractivity contribution in [3.63, 3.8) is 0 Å². The Hall–Kier alpha value is -3.75. The molecule has 36 heavy (non-hydrogen) atoms. The van der Waals surface area contributed by atoms with Crippen LogP contribution in [-0.4, -0.2) is 73.3 Å². The highest BCUT2D eigenvalue weighted by molar-refractivity contribution is 6.05. The molecule has 0 aromatic heterocycles. The molecule has 0 saturated carbocycles. The number of hydrogen-bond acceptors (Lipinski definition) is 6. The van der Waals surface area contributed by atoms with Crippen molar-refractivity contribution in [1.29, 1.82) is 0 Å². The first-order chi connectivity index (χ1) is 17.1. The zero-order valence-electron chi connectivity index (χ0n) is 21.4. The molecule has 0 spiro atoms. The van der Waals surface area contributed by atoms with Gasteiger partial charge in [0.05, 0.1) is 13.7 Å². The fraction of sp³-hybridized carbons (Fsp3) is 0.444. The number of carbonyl (C=O) groups excluding carboxylic acids is 3. The summed E-state index contributed by atoms with van der Waals surface area (Å²) in [5, 5.41) is 0. The van der Waals surface area contributed by atoms with Crippen LogP contribution in [0.5, 0.6) is 5.75 Å². The van der Waals surface area contributed by atoms with Crippen molar-refractivity contribution >= 4 is 29.4 Å². The summed E-state index contributed by atoms with van der Waals surface area (Å²) >= 11 is 0. The number of carbonyl (C=O) groups is 3. The lowest BCUT2D eigenvalue weighted by Crippen LogP contribution is -2.52. The van der Waals surface area contributed by atoms with Crippen LogP contribution in [0.3, 0.4) is 0 Å². The maximum atomic E-state index is 13.3. The van der Waals surface area contributed by atoms with Crippen molar-refractivity contribution in [2.45, 2.75) is 39.3 Å². The molecule has 2 aromatic rings. The molecule has 4 amide bonds. The predicted octanol–water partition coefficient (Wildman–Crippen LogP) is 4.11. The summed E-state index contributed by atoms with van der Waals surface area (Å²) in [4.78, 5) is 45.2. The second kappa shape index (κ2) is 10.5. The molecule has 2 saturated heterocycles. The van der Waals surface area contributed by atoms with Gasteiger partial charge in [0.2, 0.25) is 5.91 Å². The van der Waals surface area contributed by atoms with Crippen LogP contribution in [0, 0.1) is 0 Å². The summed E-state index contributed by atoms with van der Waals surface area (Å²) in [5.41, 5.74) is 2.06. The number of benzene rings is 2. The van der Waals surface area contributed by atoms with E-state index in [9.17, 15) is 14.4 Å². The topological polar surface area (TPSA) is 82.6 Å². The molecule has 2 fully saturated rings. The Labute approximate surface area is 212 Å². The van der Waals surface area contributed by atoms with Crippen LogP contribution < -0.4 is 14.5 Å². The van der Waals surface area contributed by atoms with Gasteiger partial charge in [0, 0.05) is 50.5 Å². The molecule has 192 valence electrons. The quantitative estimate of drug-likeness (QED) is 0.622. The van der Waals surface area contributed by atoms with Crippen LogP contribution in [0.1, 0.15) is 32.8 Å². The molecule has 0 bridgehead atoms. The van der Waals surface area contributed by atoms with E-state index < -0.39 is 5.60 Å². The smallest absolute Gasteiger partial charge is 0.410 e. The molecular weight excluding hydrogens is 460 g/mol. The van der Waals surface area contributed by atoms with Crippen LogP contribution >= 0.6 is 0 Å². The summed E-state index contributed by atoms with van der Waals surface area (Å²) in [6.45, 7) is 8.59. The number of urea groups is 1. The van der Waals surface area contributed by atoms with Gasteiger partial charge in [0.15, 0.2) is 0 Å². The Morgan fingerprint density at radius 1 is 0.917 bits per heavy atom. The lowest BCUT2D eigenvalue weighted by molar-refractivity contribution is -0.129. The molecular formula is C27H34N4O5. The second-order valence-electron chi connectivity index (χ2n) is 9.99. The first kappa shape index (κ1) is 25.3. The highest BCUT2D eigenvalue weighted by Gasteiger charge is 2.33. The average Bonchev–Trinajstić information content (AvgIpc) is 2.86. The van der Waals surface area contributed by atoms with Crippen molar-refractivity contribution in [1.82, 2.24) is 9.80 Å². The fourth-order valence-electron chi connectivity index (χ4n) is 4.33. The third kappa shape index (κ3) is 5.90. The molecule has 0 N–H and O–H groups in total. The minimum Gasteiger partial charge on any atom is -0.497 e. The molecule has 2 aromatic carbocycles. The predicted molar refractivity (Wildman–Crippen MR) is 137 cm³/mol. The summed E-state index contributed by atoms with van der Waals surface area (Å²) < 4.78 is 10.7. The lowest BCUT2D eigenvalue weighted by Gasteiger charge is -2.38. The first-order valence-electron chi connectivity index (χ1n) is 12.2. The van der Waals surface area contributed by atoms with Gasteiger partial charge in [-0.1, -0.05) is 18.2 Å². The minimum absolute atomic E-state index is 0.179. The number of methoxy groups -OCH3 is 1. The maximum Gasteiger partial charge on any atom is 0.410 e. The van der Waals surface area contributed by atoms with Crippen molar-refractivity contribution in [3.05, 3.63) is 54.1 Å². The zero-order valence-corrected chi connectivity index (χ0v) is 21.4. The SMILES string of the molecule is COc1ccc(CN2C(=O)CCN(c3cccc(N4CCN(C(=O)OC(C)(C)C)CC4)c3)C2=O)cc1. The molecule has 9 nitrogen and oxygen atoms in total. The minimum atomic E-state index is -0.522. The Morgan fingerprint density at radius 3 is 2.22 bits per heavy atom. The summed E-state index contributed by atoms with van der Waals surface area (Å²) in [6, 6.07) is 14.8. The maximum absolute atomic E-state index is 13.3. The monoisotopic (exact) mass is 494 g/mol. The van der Waals surface area contributed by atoms with Crippen LogP contribution in [0.2, 0.25) is 0 Å². The number of ether oxygens (including phenoxy) is 2. The molecule has 2 heterocycles. The van der Waals surface area contributed by atoms with E-state index in [-0.39, 0.29) is 31.0 Å². The van der Waals surface area contributed by atoms with Gasteiger partial charge in [-0.25, -0.2) is 9.59 Å².